The van der Waals surface area contributed by atoms with Gasteiger partial charge < -0.3 is 9.88 Å². The van der Waals surface area contributed by atoms with Gasteiger partial charge in [-0.2, -0.15) is 12.6 Å². The van der Waals surface area contributed by atoms with E-state index in [2.05, 4.69) is 22.9 Å². The van der Waals surface area contributed by atoms with Crippen molar-refractivity contribution < 1.29 is 4.79 Å². The molecule has 0 fully saturated rings. The Morgan fingerprint density at radius 2 is 2.16 bits per heavy atom. The average molecular weight is 275 g/mol. The van der Waals surface area contributed by atoms with Crippen LogP contribution in [0.4, 0.5) is 0 Å². The van der Waals surface area contributed by atoms with Crippen molar-refractivity contribution in [1.82, 2.24) is 14.9 Å². The van der Waals surface area contributed by atoms with E-state index in [0.717, 1.165) is 11.4 Å². The monoisotopic (exact) mass is 275 g/mol. The minimum absolute atomic E-state index is 0.0739. The van der Waals surface area contributed by atoms with E-state index in [1.165, 1.54) is 0 Å². The second kappa shape index (κ2) is 6.43. The molecule has 0 saturated carbocycles. The molecule has 1 heterocycles. The Morgan fingerprint density at radius 1 is 1.42 bits per heavy atom. The SMILES string of the molecule is Cn1ccnc1CNC(=O)C(S)Cc1ccccc1. The molecule has 4 nitrogen and oxygen atoms in total. The molecule has 2 rings (SSSR count). The van der Waals surface area contributed by atoms with Crippen LogP contribution in [0.5, 0.6) is 0 Å². The standard InChI is InChI=1S/C14H17N3OS/c1-17-8-7-15-13(17)10-16-14(18)12(19)9-11-5-3-2-4-6-11/h2-8,12,19H,9-10H2,1H3,(H,16,18). The number of hydrogen-bond acceptors (Lipinski definition) is 3. The van der Waals surface area contributed by atoms with Crippen molar-refractivity contribution in [2.75, 3.05) is 0 Å². The van der Waals surface area contributed by atoms with Gasteiger partial charge >= 0.3 is 0 Å². The van der Waals surface area contributed by atoms with Gasteiger partial charge in [0.2, 0.25) is 5.91 Å². The van der Waals surface area contributed by atoms with E-state index in [1.807, 2.05) is 48.1 Å². The maximum absolute atomic E-state index is 11.9. The predicted octanol–water partition coefficient (Wildman–Crippen LogP) is 1.58. The molecule has 5 heteroatoms. The number of nitrogens with zero attached hydrogens (tertiary/aromatic N) is 2. The summed E-state index contributed by atoms with van der Waals surface area (Å²) in [6, 6.07) is 9.87. The fourth-order valence-electron chi connectivity index (χ4n) is 1.78. The number of amides is 1. The van der Waals surface area contributed by atoms with E-state index in [4.69, 9.17) is 0 Å². The van der Waals surface area contributed by atoms with Crippen LogP contribution < -0.4 is 5.32 Å². The van der Waals surface area contributed by atoms with Gasteiger partial charge in [0.1, 0.15) is 5.82 Å². The molecule has 19 heavy (non-hydrogen) atoms. The van der Waals surface area contributed by atoms with Gasteiger partial charge in [-0.3, -0.25) is 4.79 Å². The van der Waals surface area contributed by atoms with E-state index < -0.39 is 0 Å². The van der Waals surface area contributed by atoms with Crippen molar-refractivity contribution in [3.63, 3.8) is 0 Å². The highest BCUT2D eigenvalue weighted by Gasteiger charge is 2.14. The molecular weight excluding hydrogens is 258 g/mol. The minimum atomic E-state index is -0.345. The maximum Gasteiger partial charge on any atom is 0.233 e. The lowest BCUT2D eigenvalue weighted by Crippen LogP contribution is -2.33. The quantitative estimate of drug-likeness (QED) is 0.814. The second-order valence-electron chi connectivity index (χ2n) is 4.38. The van der Waals surface area contributed by atoms with Gasteiger partial charge in [0.05, 0.1) is 11.8 Å². The molecule has 100 valence electrons. The molecule has 0 bridgehead atoms. The van der Waals surface area contributed by atoms with Gasteiger partial charge in [-0.1, -0.05) is 30.3 Å². The molecular formula is C14H17N3OS. The summed E-state index contributed by atoms with van der Waals surface area (Å²) >= 11 is 4.35. The van der Waals surface area contributed by atoms with Crippen LogP contribution in [-0.2, 0) is 24.8 Å². The Labute approximate surface area is 118 Å². The molecule has 0 radical (unpaired) electrons. The van der Waals surface area contributed by atoms with E-state index in [0.29, 0.717) is 13.0 Å². The molecule has 0 aliphatic rings. The van der Waals surface area contributed by atoms with E-state index >= 15 is 0 Å². The van der Waals surface area contributed by atoms with Crippen molar-refractivity contribution in [2.45, 2.75) is 18.2 Å². The Kier molecular flexibility index (Phi) is 4.63. The number of aryl methyl sites for hydroxylation is 1. The zero-order valence-electron chi connectivity index (χ0n) is 10.8. The number of imidazole rings is 1. The third-order valence-electron chi connectivity index (χ3n) is 2.92. The Hall–Kier alpha value is -1.75. The van der Waals surface area contributed by atoms with Crippen LogP contribution in [-0.4, -0.2) is 20.7 Å². The van der Waals surface area contributed by atoms with Gasteiger partial charge in [-0.15, -0.1) is 0 Å². The molecule has 1 atom stereocenters. The summed E-state index contributed by atoms with van der Waals surface area (Å²) < 4.78 is 1.88. The van der Waals surface area contributed by atoms with Crippen LogP contribution in [0.15, 0.2) is 42.7 Å². The van der Waals surface area contributed by atoms with E-state index in [-0.39, 0.29) is 11.2 Å². The first kappa shape index (κ1) is 13.7. The molecule has 0 saturated heterocycles. The van der Waals surface area contributed by atoms with Crippen molar-refractivity contribution in [2.24, 2.45) is 7.05 Å². The minimum Gasteiger partial charge on any atom is -0.348 e. The van der Waals surface area contributed by atoms with Gasteiger partial charge in [-0.05, 0) is 12.0 Å². The highest BCUT2D eigenvalue weighted by Crippen LogP contribution is 2.08. The number of aromatic nitrogens is 2. The van der Waals surface area contributed by atoms with Crippen LogP contribution in [0.2, 0.25) is 0 Å². The summed E-state index contributed by atoms with van der Waals surface area (Å²) in [6.45, 7) is 0.425. The van der Waals surface area contributed by atoms with Crippen LogP contribution in [0.3, 0.4) is 0 Å². The highest BCUT2D eigenvalue weighted by atomic mass is 32.1. The molecule has 0 aliphatic carbocycles. The summed E-state index contributed by atoms with van der Waals surface area (Å²) in [7, 11) is 1.90. The largest absolute Gasteiger partial charge is 0.348 e. The van der Waals surface area contributed by atoms with Crippen molar-refractivity contribution >= 4 is 18.5 Å². The molecule has 2 aromatic rings. The fraction of sp³-hybridized carbons (Fsp3) is 0.286. The molecule has 1 unspecified atom stereocenters. The lowest BCUT2D eigenvalue weighted by molar-refractivity contribution is -0.120. The van der Waals surface area contributed by atoms with Crippen LogP contribution >= 0.6 is 12.6 Å². The van der Waals surface area contributed by atoms with Gasteiger partial charge in [0.25, 0.3) is 0 Å². The zero-order chi connectivity index (χ0) is 13.7. The summed E-state index contributed by atoms with van der Waals surface area (Å²) in [5.74, 6) is 0.754. The van der Waals surface area contributed by atoms with Gasteiger partial charge in [0.15, 0.2) is 0 Å². The number of carbonyl (C=O) groups excluding carboxylic acids is 1. The normalized spacial score (nSPS) is 12.1. The zero-order valence-corrected chi connectivity index (χ0v) is 11.7. The van der Waals surface area contributed by atoms with Crippen LogP contribution in [0.25, 0.3) is 0 Å². The summed E-state index contributed by atoms with van der Waals surface area (Å²) in [5, 5.41) is 2.50. The summed E-state index contributed by atoms with van der Waals surface area (Å²) in [6.07, 6.45) is 4.18. The van der Waals surface area contributed by atoms with Gasteiger partial charge in [0, 0.05) is 19.4 Å². The second-order valence-corrected chi connectivity index (χ2v) is 5.00. The predicted molar refractivity (Wildman–Crippen MR) is 78.0 cm³/mol. The lowest BCUT2D eigenvalue weighted by Gasteiger charge is -2.11. The molecule has 1 aromatic heterocycles. The first-order valence-electron chi connectivity index (χ1n) is 6.12. The number of carbonyl (C=O) groups is 1. The molecule has 0 spiro atoms. The third kappa shape index (κ3) is 3.86. The first-order chi connectivity index (χ1) is 9.16. The topological polar surface area (TPSA) is 46.9 Å². The van der Waals surface area contributed by atoms with Gasteiger partial charge in [-0.25, -0.2) is 4.98 Å². The van der Waals surface area contributed by atoms with Crippen LogP contribution in [0, 0.1) is 0 Å². The number of rotatable bonds is 5. The molecule has 1 aromatic carbocycles. The Bertz CT molecular complexity index is 539. The number of nitrogens with one attached hydrogen (secondary N) is 1. The van der Waals surface area contributed by atoms with Crippen molar-refractivity contribution in [1.29, 1.82) is 0 Å². The number of hydrogen-bond donors (Lipinski definition) is 2. The summed E-state index contributed by atoms with van der Waals surface area (Å²) in [4.78, 5) is 16.1. The Morgan fingerprint density at radius 3 is 2.79 bits per heavy atom. The number of thiol groups is 1. The van der Waals surface area contributed by atoms with E-state index in [1.54, 1.807) is 6.20 Å². The fourth-order valence-corrected chi connectivity index (χ4v) is 2.08. The molecule has 0 aliphatic heterocycles. The average Bonchev–Trinajstić information content (AvgIpc) is 2.82. The highest BCUT2D eigenvalue weighted by molar-refractivity contribution is 7.81. The third-order valence-corrected chi connectivity index (χ3v) is 3.33. The first-order valence-corrected chi connectivity index (χ1v) is 6.64. The van der Waals surface area contributed by atoms with Crippen LogP contribution in [0.1, 0.15) is 11.4 Å². The number of benzene rings is 1. The van der Waals surface area contributed by atoms with Crippen molar-refractivity contribution in [3.05, 3.63) is 54.1 Å². The van der Waals surface area contributed by atoms with E-state index in [9.17, 15) is 4.79 Å². The molecule has 1 N–H and O–H groups in total. The Balaban J connectivity index is 1.84. The smallest absolute Gasteiger partial charge is 0.233 e. The summed E-state index contributed by atoms with van der Waals surface area (Å²) in [5.41, 5.74) is 1.11. The lowest BCUT2D eigenvalue weighted by atomic mass is 10.1. The maximum atomic E-state index is 11.9. The molecule has 1 amide bonds. The van der Waals surface area contributed by atoms with Crippen molar-refractivity contribution in [3.8, 4) is 0 Å².